The van der Waals surface area contributed by atoms with Crippen LogP contribution in [-0.4, -0.2) is 16.0 Å². The van der Waals surface area contributed by atoms with Crippen LogP contribution in [0.4, 0.5) is 22.7 Å². The van der Waals surface area contributed by atoms with Gasteiger partial charge >= 0.3 is 0 Å². The standard InChI is InChI=1S/C25H18N4O3/c30-23-13-9-21(10-14-23)28-26-19-5-1-17(2-6-19)25(32)18-3-7-20(8-4-18)27-29-22-11-15-24(31)16-12-22/h1-16,30-31H. The molecule has 156 valence electrons. The Balaban J connectivity index is 1.41. The fourth-order valence-electron chi connectivity index (χ4n) is 2.80. The summed E-state index contributed by atoms with van der Waals surface area (Å²) in [5.41, 5.74) is 3.52. The molecule has 4 aromatic rings. The third-order valence-corrected chi connectivity index (χ3v) is 4.52. The van der Waals surface area contributed by atoms with Crippen LogP contribution >= 0.6 is 0 Å². The number of rotatable bonds is 6. The van der Waals surface area contributed by atoms with E-state index in [4.69, 9.17) is 0 Å². The van der Waals surface area contributed by atoms with Crippen LogP contribution in [0.2, 0.25) is 0 Å². The van der Waals surface area contributed by atoms with Gasteiger partial charge in [-0.25, -0.2) is 0 Å². The molecule has 4 rings (SSSR count). The number of phenols is 2. The lowest BCUT2D eigenvalue weighted by Crippen LogP contribution is -2.00. The monoisotopic (exact) mass is 422 g/mol. The summed E-state index contributed by atoms with van der Waals surface area (Å²) in [5.74, 6) is 0.217. The van der Waals surface area contributed by atoms with Crippen LogP contribution in [0.25, 0.3) is 0 Å². The summed E-state index contributed by atoms with van der Waals surface area (Å²) in [6.07, 6.45) is 0. The number of hydrogen-bond donors (Lipinski definition) is 2. The van der Waals surface area contributed by atoms with Crippen LogP contribution in [0.5, 0.6) is 11.5 Å². The van der Waals surface area contributed by atoms with E-state index in [9.17, 15) is 15.0 Å². The second kappa shape index (κ2) is 9.44. The zero-order chi connectivity index (χ0) is 22.3. The highest BCUT2D eigenvalue weighted by molar-refractivity contribution is 6.09. The van der Waals surface area contributed by atoms with E-state index in [0.717, 1.165) is 0 Å². The largest absolute Gasteiger partial charge is 0.508 e. The molecule has 0 unspecified atom stereocenters. The minimum atomic E-state index is -0.117. The van der Waals surface area contributed by atoms with E-state index in [1.807, 2.05) is 0 Å². The van der Waals surface area contributed by atoms with Gasteiger partial charge in [-0.1, -0.05) is 0 Å². The third kappa shape index (κ3) is 5.28. The zero-order valence-corrected chi connectivity index (χ0v) is 16.8. The fraction of sp³-hybridized carbons (Fsp3) is 0. The molecule has 0 spiro atoms. The van der Waals surface area contributed by atoms with Gasteiger partial charge in [-0.15, -0.1) is 0 Å². The van der Waals surface area contributed by atoms with Crippen molar-refractivity contribution in [2.24, 2.45) is 20.5 Å². The molecular formula is C25H18N4O3. The summed E-state index contributed by atoms with van der Waals surface area (Å²) < 4.78 is 0. The van der Waals surface area contributed by atoms with Crippen molar-refractivity contribution in [1.29, 1.82) is 0 Å². The number of hydrogen-bond acceptors (Lipinski definition) is 7. The van der Waals surface area contributed by atoms with Crippen LogP contribution in [-0.2, 0) is 0 Å². The van der Waals surface area contributed by atoms with Crippen molar-refractivity contribution in [3.8, 4) is 11.5 Å². The summed E-state index contributed by atoms with van der Waals surface area (Å²) in [6.45, 7) is 0. The quantitative estimate of drug-likeness (QED) is 0.254. The number of carbonyl (C=O) groups is 1. The van der Waals surface area contributed by atoms with Gasteiger partial charge < -0.3 is 10.2 Å². The van der Waals surface area contributed by atoms with E-state index in [-0.39, 0.29) is 17.3 Å². The van der Waals surface area contributed by atoms with Gasteiger partial charge in [-0.05, 0) is 97.1 Å². The van der Waals surface area contributed by atoms with Gasteiger partial charge in [0.2, 0.25) is 0 Å². The number of nitrogens with zero attached hydrogens (tertiary/aromatic N) is 4. The number of ketones is 1. The number of phenolic OH excluding ortho intramolecular Hbond substituents is 2. The van der Waals surface area contributed by atoms with Gasteiger partial charge in [-0.2, -0.15) is 20.5 Å². The molecule has 32 heavy (non-hydrogen) atoms. The van der Waals surface area contributed by atoms with Gasteiger partial charge in [0.25, 0.3) is 0 Å². The topological polar surface area (TPSA) is 107 Å². The van der Waals surface area contributed by atoms with Crippen molar-refractivity contribution in [1.82, 2.24) is 0 Å². The zero-order valence-electron chi connectivity index (χ0n) is 16.8. The smallest absolute Gasteiger partial charge is 0.193 e. The molecule has 0 amide bonds. The van der Waals surface area contributed by atoms with Gasteiger partial charge in [-0.3, -0.25) is 4.79 Å². The number of aromatic hydroxyl groups is 2. The summed E-state index contributed by atoms with van der Waals surface area (Å²) in [6, 6.07) is 26.5. The van der Waals surface area contributed by atoms with E-state index >= 15 is 0 Å². The van der Waals surface area contributed by atoms with Crippen molar-refractivity contribution in [2.45, 2.75) is 0 Å². The van der Waals surface area contributed by atoms with E-state index < -0.39 is 0 Å². The van der Waals surface area contributed by atoms with Gasteiger partial charge in [0.1, 0.15) is 11.5 Å². The summed E-state index contributed by atoms with van der Waals surface area (Å²) >= 11 is 0. The molecule has 0 saturated carbocycles. The molecule has 0 heterocycles. The Morgan fingerprint density at radius 2 is 0.688 bits per heavy atom. The lowest BCUT2D eigenvalue weighted by Gasteiger charge is -2.02. The van der Waals surface area contributed by atoms with Crippen molar-refractivity contribution in [2.75, 3.05) is 0 Å². The van der Waals surface area contributed by atoms with Crippen molar-refractivity contribution < 1.29 is 15.0 Å². The molecule has 0 bridgehead atoms. The van der Waals surface area contributed by atoms with E-state index in [1.54, 1.807) is 72.8 Å². The summed E-state index contributed by atoms with van der Waals surface area (Å²) in [7, 11) is 0. The van der Waals surface area contributed by atoms with E-state index in [0.29, 0.717) is 33.9 Å². The Morgan fingerprint density at radius 1 is 0.438 bits per heavy atom. The molecule has 0 aliphatic heterocycles. The molecule has 7 nitrogen and oxygen atoms in total. The average Bonchev–Trinajstić information content (AvgIpc) is 2.83. The molecule has 0 atom stereocenters. The minimum Gasteiger partial charge on any atom is -0.508 e. The molecule has 2 N–H and O–H groups in total. The van der Waals surface area contributed by atoms with Crippen LogP contribution in [0, 0.1) is 0 Å². The number of azo groups is 2. The van der Waals surface area contributed by atoms with E-state index in [1.165, 1.54) is 24.3 Å². The molecule has 4 aromatic carbocycles. The molecule has 0 aromatic heterocycles. The van der Waals surface area contributed by atoms with Crippen LogP contribution in [0.3, 0.4) is 0 Å². The normalized spacial score (nSPS) is 11.2. The van der Waals surface area contributed by atoms with Crippen LogP contribution in [0.1, 0.15) is 15.9 Å². The highest BCUT2D eigenvalue weighted by Crippen LogP contribution is 2.23. The highest BCUT2D eigenvalue weighted by atomic mass is 16.3. The van der Waals surface area contributed by atoms with Gasteiger partial charge in [0, 0.05) is 11.1 Å². The first-order valence-electron chi connectivity index (χ1n) is 9.73. The van der Waals surface area contributed by atoms with E-state index in [2.05, 4.69) is 20.5 Å². The maximum Gasteiger partial charge on any atom is 0.193 e. The Bertz CT molecular complexity index is 1160. The molecule has 0 radical (unpaired) electrons. The Morgan fingerprint density at radius 3 is 0.969 bits per heavy atom. The summed E-state index contributed by atoms with van der Waals surface area (Å²) in [4.78, 5) is 12.7. The molecule has 0 aliphatic rings. The molecule has 7 heteroatoms. The molecular weight excluding hydrogens is 404 g/mol. The highest BCUT2D eigenvalue weighted by Gasteiger charge is 2.09. The van der Waals surface area contributed by atoms with Gasteiger partial charge in [0.15, 0.2) is 5.78 Å². The third-order valence-electron chi connectivity index (χ3n) is 4.52. The SMILES string of the molecule is O=C(c1ccc(N=Nc2ccc(O)cc2)cc1)c1ccc(N=Nc2ccc(O)cc2)cc1. The predicted molar refractivity (Wildman–Crippen MR) is 121 cm³/mol. The lowest BCUT2D eigenvalue weighted by atomic mass is 10.0. The van der Waals surface area contributed by atoms with Crippen molar-refractivity contribution in [3.05, 3.63) is 108 Å². The summed E-state index contributed by atoms with van der Waals surface area (Å²) in [5, 5.41) is 35.1. The first kappa shape index (κ1) is 20.6. The van der Waals surface area contributed by atoms with Gasteiger partial charge in [0.05, 0.1) is 22.7 Å². The second-order valence-corrected chi connectivity index (χ2v) is 6.86. The first-order chi connectivity index (χ1) is 15.6. The maximum atomic E-state index is 12.7. The minimum absolute atomic E-state index is 0.117. The lowest BCUT2D eigenvalue weighted by molar-refractivity contribution is 0.103. The number of carbonyl (C=O) groups excluding carboxylic acids is 1. The molecule has 0 fully saturated rings. The second-order valence-electron chi connectivity index (χ2n) is 6.86. The van der Waals surface area contributed by atoms with Crippen molar-refractivity contribution in [3.63, 3.8) is 0 Å². The predicted octanol–water partition coefficient (Wildman–Crippen LogP) is 7.16. The average molecular weight is 422 g/mol. The molecule has 0 saturated heterocycles. The number of benzene rings is 4. The molecule has 0 aliphatic carbocycles. The first-order valence-corrected chi connectivity index (χ1v) is 9.73. The Kier molecular flexibility index (Phi) is 6.08. The Labute approximate surface area is 184 Å². The van der Waals surface area contributed by atoms with Crippen LogP contribution in [0.15, 0.2) is 118 Å². The maximum absolute atomic E-state index is 12.7. The fourth-order valence-corrected chi connectivity index (χ4v) is 2.80. The Hall–Kier alpha value is -4.65. The van der Waals surface area contributed by atoms with Crippen molar-refractivity contribution >= 4 is 28.5 Å². The van der Waals surface area contributed by atoms with Crippen LogP contribution < -0.4 is 0 Å².